The Bertz CT molecular complexity index is 522. The standard InChI is InChI=1S/C16H21NO4/c1-10(12-4-8-14(21-3)9-5-12)15(18)17(13-6-7-13)11(2)16(19)20/h4-5,8-11,13H,6-7H2,1-3H3,(H,19,20). The molecule has 2 atom stereocenters. The van der Waals surface area contributed by atoms with Crippen molar-refractivity contribution in [1.82, 2.24) is 4.90 Å². The van der Waals surface area contributed by atoms with E-state index in [0.717, 1.165) is 24.2 Å². The Hall–Kier alpha value is -2.04. The second-order valence-corrected chi connectivity index (χ2v) is 5.49. The van der Waals surface area contributed by atoms with Gasteiger partial charge in [-0.15, -0.1) is 0 Å². The van der Waals surface area contributed by atoms with E-state index in [9.17, 15) is 14.7 Å². The lowest BCUT2D eigenvalue weighted by Crippen LogP contribution is -2.46. The normalized spacial score (nSPS) is 16.9. The summed E-state index contributed by atoms with van der Waals surface area (Å²) in [4.78, 5) is 25.4. The SMILES string of the molecule is COc1ccc(C(C)C(=O)N(C2CC2)C(C)C(=O)O)cc1. The molecule has 1 aromatic rings. The molecule has 0 spiro atoms. The third kappa shape index (κ3) is 3.35. The highest BCUT2D eigenvalue weighted by Gasteiger charge is 2.40. The second-order valence-electron chi connectivity index (χ2n) is 5.49. The van der Waals surface area contributed by atoms with Crippen molar-refractivity contribution in [3.05, 3.63) is 29.8 Å². The van der Waals surface area contributed by atoms with Gasteiger partial charge in [0.25, 0.3) is 0 Å². The molecule has 0 aromatic heterocycles. The number of hydrogen-bond acceptors (Lipinski definition) is 3. The molecule has 1 saturated carbocycles. The molecule has 0 aliphatic heterocycles. The van der Waals surface area contributed by atoms with Crippen LogP contribution in [0.25, 0.3) is 0 Å². The van der Waals surface area contributed by atoms with Crippen LogP contribution in [0.15, 0.2) is 24.3 Å². The van der Waals surface area contributed by atoms with Crippen molar-refractivity contribution in [3.8, 4) is 5.75 Å². The highest BCUT2D eigenvalue weighted by molar-refractivity contribution is 5.88. The number of ether oxygens (including phenoxy) is 1. The zero-order chi connectivity index (χ0) is 15.6. The first-order valence-electron chi connectivity index (χ1n) is 7.14. The molecule has 0 bridgehead atoms. The quantitative estimate of drug-likeness (QED) is 0.873. The van der Waals surface area contributed by atoms with Crippen molar-refractivity contribution in [2.75, 3.05) is 7.11 Å². The summed E-state index contributed by atoms with van der Waals surface area (Å²) in [5, 5.41) is 9.19. The van der Waals surface area contributed by atoms with Gasteiger partial charge in [0.05, 0.1) is 13.0 Å². The van der Waals surface area contributed by atoms with Gasteiger partial charge in [-0.05, 0) is 44.4 Å². The predicted octanol–water partition coefficient (Wildman–Crippen LogP) is 2.26. The van der Waals surface area contributed by atoms with Gasteiger partial charge in [-0.2, -0.15) is 0 Å². The van der Waals surface area contributed by atoms with Crippen LogP contribution in [0.5, 0.6) is 5.75 Å². The minimum Gasteiger partial charge on any atom is -0.497 e. The fourth-order valence-electron chi connectivity index (χ4n) is 2.42. The Morgan fingerprint density at radius 3 is 2.24 bits per heavy atom. The molecule has 2 unspecified atom stereocenters. The van der Waals surface area contributed by atoms with Gasteiger partial charge < -0.3 is 14.7 Å². The van der Waals surface area contributed by atoms with E-state index in [1.165, 1.54) is 4.90 Å². The molecule has 21 heavy (non-hydrogen) atoms. The van der Waals surface area contributed by atoms with Crippen LogP contribution >= 0.6 is 0 Å². The van der Waals surface area contributed by atoms with E-state index in [1.54, 1.807) is 26.2 Å². The van der Waals surface area contributed by atoms with Crippen molar-refractivity contribution in [1.29, 1.82) is 0 Å². The smallest absolute Gasteiger partial charge is 0.326 e. The molecule has 0 saturated heterocycles. The van der Waals surface area contributed by atoms with Gasteiger partial charge in [0.1, 0.15) is 11.8 Å². The van der Waals surface area contributed by atoms with Gasteiger partial charge in [0.15, 0.2) is 0 Å². The molecule has 5 nitrogen and oxygen atoms in total. The Kier molecular flexibility index (Phi) is 4.50. The lowest BCUT2D eigenvalue weighted by atomic mass is 9.98. The summed E-state index contributed by atoms with van der Waals surface area (Å²) < 4.78 is 5.10. The number of benzene rings is 1. The Labute approximate surface area is 124 Å². The average molecular weight is 291 g/mol. The topological polar surface area (TPSA) is 66.8 Å². The molecule has 1 aliphatic carbocycles. The van der Waals surface area contributed by atoms with Crippen molar-refractivity contribution in [3.63, 3.8) is 0 Å². The van der Waals surface area contributed by atoms with E-state index >= 15 is 0 Å². The van der Waals surface area contributed by atoms with Crippen LogP contribution in [0.4, 0.5) is 0 Å². The number of amides is 1. The maximum absolute atomic E-state index is 12.7. The van der Waals surface area contributed by atoms with Gasteiger partial charge in [0.2, 0.25) is 5.91 Å². The molecule has 2 rings (SSSR count). The minimum absolute atomic E-state index is 0.0734. The highest BCUT2D eigenvalue weighted by atomic mass is 16.5. The molecule has 5 heteroatoms. The summed E-state index contributed by atoms with van der Waals surface area (Å²) in [5.74, 6) is -0.718. The first kappa shape index (κ1) is 15.4. The molecule has 0 radical (unpaired) electrons. The van der Waals surface area contributed by atoms with Crippen LogP contribution in [0.3, 0.4) is 0 Å². The molecule has 1 aliphatic rings. The first-order chi connectivity index (χ1) is 9.95. The monoisotopic (exact) mass is 291 g/mol. The van der Waals surface area contributed by atoms with Crippen molar-refractivity contribution >= 4 is 11.9 Å². The van der Waals surface area contributed by atoms with Gasteiger partial charge >= 0.3 is 5.97 Å². The summed E-state index contributed by atoms with van der Waals surface area (Å²) in [5.41, 5.74) is 0.865. The summed E-state index contributed by atoms with van der Waals surface area (Å²) in [7, 11) is 1.59. The number of carbonyl (C=O) groups is 2. The molecule has 1 fully saturated rings. The number of methoxy groups -OCH3 is 1. The number of carboxylic acid groups (broad SMARTS) is 1. The Morgan fingerprint density at radius 2 is 1.81 bits per heavy atom. The third-order valence-electron chi connectivity index (χ3n) is 3.96. The van der Waals surface area contributed by atoms with Gasteiger partial charge in [-0.25, -0.2) is 4.79 Å². The van der Waals surface area contributed by atoms with Crippen LogP contribution in [-0.4, -0.2) is 41.1 Å². The van der Waals surface area contributed by atoms with E-state index in [4.69, 9.17) is 4.74 Å². The van der Waals surface area contributed by atoms with Crippen LogP contribution < -0.4 is 4.74 Å². The molecular weight excluding hydrogens is 270 g/mol. The fraction of sp³-hybridized carbons (Fsp3) is 0.500. The molecule has 1 amide bonds. The van der Waals surface area contributed by atoms with E-state index < -0.39 is 12.0 Å². The summed E-state index contributed by atoms with van der Waals surface area (Å²) in [6.07, 6.45) is 1.78. The minimum atomic E-state index is -0.961. The highest BCUT2D eigenvalue weighted by Crippen LogP contribution is 2.32. The molecule has 0 heterocycles. The van der Waals surface area contributed by atoms with Crippen molar-refractivity contribution in [2.24, 2.45) is 0 Å². The number of carboxylic acids is 1. The van der Waals surface area contributed by atoms with E-state index in [0.29, 0.717) is 0 Å². The van der Waals surface area contributed by atoms with Gasteiger partial charge in [-0.1, -0.05) is 12.1 Å². The lowest BCUT2D eigenvalue weighted by Gasteiger charge is -2.29. The van der Waals surface area contributed by atoms with Gasteiger partial charge in [0, 0.05) is 6.04 Å². The number of rotatable bonds is 6. The predicted molar refractivity (Wildman–Crippen MR) is 78.4 cm³/mol. The number of aliphatic carboxylic acids is 1. The Balaban J connectivity index is 2.17. The zero-order valence-electron chi connectivity index (χ0n) is 12.6. The van der Waals surface area contributed by atoms with Crippen molar-refractivity contribution in [2.45, 2.75) is 44.7 Å². The van der Waals surface area contributed by atoms with E-state index in [-0.39, 0.29) is 17.9 Å². The Morgan fingerprint density at radius 1 is 1.24 bits per heavy atom. The average Bonchev–Trinajstić information content (AvgIpc) is 3.31. The fourth-order valence-corrected chi connectivity index (χ4v) is 2.42. The van der Waals surface area contributed by atoms with Crippen molar-refractivity contribution < 1.29 is 19.4 Å². The van der Waals surface area contributed by atoms with E-state index in [1.807, 2.05) is 19.1 Å². The third-order valence-corrected chi connectivity index (χ3v) is 3.96. The van der Waals surface area contributed by atoms with E-state index in [2.05, 4.69) is 0 Å². The molecule has 1 aromatic carbocycles. The van der Waals surface area contributed by atoms with Crippen LogP contribution in [0.1, 0.15) is 38.2 Å². The van der Waals surface area contributed by atoms with Crippen LogP contribution in [-0.2, 0) is 9.59 Å². The first-order valence-corrected chi connectivity index (χ1v) is 7.14. The lowest BCUT2D eigenvalue weighted by molar-refractivity contribution is -0.150. The largest absolute Gasteiger partial charge is 0.497 e. The molecule has 114 valence electrons. The summed E-state index contributed by atoms with van der Waals surface area (Å²) in [6.45, 7) is 3.38. The molecule has 1 N–H and O–H groups in total. The van der Waals surface area contributed by atoms with Crippen LogP contribution in [0, 0.1) is 0 Å². The maximum Gasteiger partial charge on any atom is 0.326 e. The van der Waals surface area contributed by atoms with Gasteiger partial charge in [-0.3, -0.25) is 4.79 Å². The second kappa shape index (κ2) is 6.16. The number of carbonyl (C=O) groups excluding carboxylic acids is 1. The number of nitrogens with zero attached hydrogens (tertiary/aromatic N) is 1. The number of hydrogen-bond donors (Lipinski definition) is 1. The van der Waals surface area contributed by atoms with Crippen LogP contribution in [0.2, 0.25) is 0 Å². The summed E-state index contributed by atoms with van der Waals surface area (Å²) >= 11 is 0. The molecular formula is C16H21NO4. The maximum atomic E-state index is 12.7. The summed E-state index contributed by atoms with van der Waals surface area (Å²) in [6, 6.07) is 6.59. The zero-order valence-corrected chi connectivity index (χ0v) is 12.6.